The maximum absolute atomic E-state index is 11.5. The van der Waals surface area contributed by atoms with E-state index < -0.39 is 0 Å². The van der Waals surface area contributed by atoms with Crippen LogP contribution in [-0.2, 0) is 9.53 Å². The van der Waals surface area contributed by atoms with Crippen LogP contribution < -0.4 is 16.0 Å². The van der Waals surface area contributed by atoms with Gasteiger partial charge in [0.2, 0.25) is 11.9 Å². The summed E-state index contributed by atoms with van der Waals surface area (Å²) in [5.41, 5.74) is 0.888. The van der Waals surface area contributed by atoms with Gasteiger partial charge in [0, 0.05) is 32.5 Å². The van der Waals surface area contributed by atoms with Crippen molar-refractivity contribution >= 4 is 17.7 Å². The minimum absolute atomic E-state index is 0.101. The first-order chi connectivity index (χ1) is 8.67. The van der Waals surface area contributed by atoms with Gasteiger partial charge in [0.05, 0.1) is 13.2 Å². The van der Waals surface area contributed by atoms with E-state index in [1.54, 1.807) is 20.4 Å². The van der Waals surface area contributed by atoms with Crippen LogP contribution in [0.1, 0.15) is 5.56 Å². The van der Waals surface area contributed by atoms with Gasteiger partial charge in [-0.1, -0.05) is 0 Å². The summed E-state index contributed by atoms with van der Waals surface area (Å²) in [6, 6.07) is 0. The third-order valence-electron chi connectivity index (χ3n) is 2.24. The molecular weight excluding hydrogens is 234 g/mol. The molecule has 0 spiro atoms. The molecule has 0 radical (unpaired) electrons. The van der Waals surface area contributed by atoms with Gasteiger partial charge in [-0.2, -0.15) is 4.98 Å². The number of amides is 1. The summed E-state index contributed by atoms with van der Waals surface area (Å²) in [4.78, 5) is 19.8. The number of anilines is 2. The Kier molecular flexibility index (Phi) is 5.86. The Balaban J connectivity index is 2.45. The van der Waals surface area contributed by atoms with Gasteiger partial charge in [0.25, 0.3) is 0 Å². The molecule has 18 heavy (non-hydrogen) atoms. The molecule has 0 aliphatic carbocycles. The van der Waals surface area contributed by atoms with Crippen molar-refractivity contribution in [1.82, 2.24) is 15.3 Å². The Morgan fingerprint density at radius 1 is 1.50 bits per heavy atom. The van der Waals surface area contributed by atoms with Gasteiger partial charge in [-0.15, -0.1) is 0 Å². The Bertz CT molecular complexity index is 397. The molecule has 0 aliphatic heterocycles. The van der Waals surface area contributed by atoms with Crippen molar-refractivity contribution in [3.8, 4) is 0 Å². The monoisotopic (exact) mass is 253 g/mol. The highest BCUT2D eigenvalue weighted by Crippen LogP contribution is 2.11. The third kappa shape index (κ3) is 4.54. The Morgan fingerprint density at radius 2 is 2.28 bits per heavy atom. The Hall–Kier alpha value is -1.89. The van der Waals surface area contributed by atoms with Gasteiger partial charge in [-0.25, -0.2) is 4.98 Å². The normalized spacial score (nSPS) is 9.94. The van der Waals surface area contributed by atoms with Crippen LogP contribution in [0.3, 0.4) is 0 Å². The number of methoxy groups -OCH3 is 1. The molecule has 0 bridgehead atoms. The van der Waals surface area contributed by atoms with Crippen LogP contribution in [0.4, 0.5) is 11.8 Å². The first kappa shape index (κ1) is 14.2. The number of aromatic nitrogens is 2. The predicted molar refractivity (Wildman–Crippen MR) is 69.7 cm³/mol. The van der Waals surface area contributed by atoms with E-state index in [1.165, 1.54) is 0 Å². The van der Waals surface area contributed by atoms with E-state index in [9.17, 15) is 4.79 Å². The van der Waals surface area contributed by atoms with Gasteiger partial charge in [-0.3, -0.25) is 4.79 Å². The van der Waals surface area contributed by atoms with Crippen molar-refractivity contribution < 1.29 is 9.53 Å². The SMILES string of the molecule is CNc1ncc(C)c(NCC(=O)NCCOC)n1. The lowest BCUT2D eigenvalue weighted by Crippen LogP contribution is -2.32. The summed E-state index contributed by atoms with van der Waals surface area (Å²) in [7, 11) is 3.33. The van der Waals surface area contributed by atoms with E-state index in [0.29, 0.717) is 24.9 Å². The third-order valence-corrected chi connectivity index (χ3v) is 2.24. The van der Waals surface area contributed by atoms with E-state index in [-0.39, 0.29) is 12.5 Å². The second-order valence-corrected chi connectivity index (χ2v) is 3.67. The summed E-state index contributed by atoms with van der Waals surface area (Å²) in [5, 5.41) is 8.53. The van der Waals surface area contributed by atoms with Gasteiger partial charge >= 0.3 is 0 Å². The summed E-state index contributed by atoms with van der Waals surface area (Å²) in [6.45, 7) is 3.05. The standard InChI is InChI=1S/C11H19N5O2/c1-8-6-15-11(12-2)16-10(8)14-7-9(17)13-4-5-18-3/h6H,4-5,7H2,1-3H3,(H,13,17)(H2,12,14,15,16). The molecular formula is C11H19N5O2. The number of hydrogen-bond donors (Lipinski definition) is 3. The zero-order chi connectivity index (χ0) is 13.4. The Labute approximate surface area is 106 Å². The van der Waals surface area contributed by atoms with E-state index >= 15 is 0 Å². The van der Waals surface area contributed by atoms with Crippen LogP contribution in [0, 0.1) is 6.92 Å². The number of ether oxygens (including phenoxy) is 1. The van der Waals surface area contributed by atoms with Gasteiger partial charge in [0.15, 0.2) is 0 Å². The van der Waals surface area contributed by atoms with E-state index in [1.807, 2.05) is 6.92 Å². The number of nitrogens with one attached hydrogen (secondary N) is 3. The maximum Gasteiger partial charge on any atom is 0.239 e. The lowest BCUT2D eigenvalue weighted by atomic mass is 10.3. The summed E-state index contributed by atoms with van der Waals surface area (Å²) in [5.74, 6) is 1.07. The molecule has 0 unspecified atom stereocenters. The maximum atomic E-state index is 11.5. The van der Waals surface area contributed by atoms with Crippen LogP contribution in [0.25, 0.3) is 0 Å². The number of rotatable bonds is 7. The topological polar surface area (TPSA) is 88.2 Å². The smallest absolute Gasteiger partial charge is 0.239 e. The van der Waals surface area contributed by atoms with Crippen LogP contribution in [-0.4, -0.2) is 49.7 Å². The van der Waals surface area contributed by atoms with Gasteiger partial charge in [0.1, 0.15) is 5.82 Å². The minimum atomic E-state index is -0.101. The largest absolute Gasteiger partial charge is 0.383 e. The van der Waals surface area contributed by atoms with E-state index in [4.69, 9.17) is 4.74 Å². The molecule has 1 rings (SSSR count). The summed E-state index contributed by atoms with van der Waals surface area (Å²) < 4.78 is 4.84. The number of hydrogen-bond acceptors (Lipinski definition) is 6. The molecule has 1 aromatic rings. The van der Waals surface area contributed by atoms with Crippen molar-refractivity contribution in [3.05, 3.63) is 11.8 Å². The second kappa shape index (κ2) is 7.44. The first-order valence-electron chi connectivity index (χ1n) is 5.68. The zero-order valence-corrected chi connectivity index (χ0v) is 10.9. The number of carbonyl (C=O) groups excluding carboxylic acids is 1. The highest BCUT2D eigenvalue weighted by atomic mass is 16.5. The molecule has 0 aromatic carbocycles. The molecule has 3 N–H and O–H groups in total. The fourth-order valence-corrected chi connectivity index (χ4v) is 1.26. The predicted octanol–water partition coefficient (Wildman–Crippen LogP) is 0.00122. The molecule has 100 valence electrons. The van der Waals surface area contributed by atoms with Crippen molar-refractivity contribution in [2.24, 2.45) is 0 Å². The number of carbonyl (C=O) groups is 1. The van der Waals surface area contributed by atoms with E-state index in [0.717, 1.165) is 5.56 Å². The van der Waals surface area contributed by atoms with Crippen LogP contribution in [0.5, 0.6) is 0 Å². The molecule has 7 heteroatoms. The molecule has 0 aliphatic rings. The van der Waals surface area contributed by atoms with Crippen LogP contribution in [0.15, 0.2) is 6.20 Å². The van der Waals surface area contributed by atoms with Crippen molar-refractivity contribution in [2.45, 2.75) is 6.92 Å². The lowest BCUT2D eigenvalue weighted by Gasteiger charge is -2.09. The summed E-state index contributed by atoms with van der Waals surface area (Å²) in [6.07, 6.45) is 1.70. The average Bonchev–Trinajstić information content (AvgIpc) is 2.38. The fraction of sp³-hybridized carbons (Fsp3) is 0.545. The van der Waals surface area contributed by atoms with Crippen molar-refractivity contribution in [1.29, 1.82) is 0 Å². The number of aryl methyl sites for hydroxylation is 1. The highest BCUT2D eigenvalue weighted by Gasteiger charge is 2.05. The second-order valence-electron chi connectivity index (χ2n) is 3.67. The molecule has 1 heterocycles. The van der Waals surface area contributed by atoms with Crippen molar-refractivity contribution in [3.63, 3.8) is 0 Å². The molecule has 0 saturated carbocycles. The highest BCUT2D eigenvalue weighted by molar-refractivity contribution is 5.80. The molecule has 0 atom stereocenters. The van der Waals surface area contributed by atoms with Gasteiger partial charge in [-0.05, 0) is 6.92 Å². The Morgan fingerprint density at radius 3 is 2.94 bits per heavy atom. The van der Waals surface area contributed by atoms with Crippen molar-refractivity contribution in [2.75, 3.05) is 44.5 Å². The molecule has 0 fully saturated rings. The molecule has 7 nitrogen and oxygen atoms in total. The lowest BCUT2D eigenvalue weighted by molar-refractivity contribution is -0.119. The molecule has 1 amide bonds. The van der Waals surface area contributed by atoms with E-state index in [2.05, 4.69) is 25.9 Å². The first-order valence-corrected chi connectivity index (χ1v) is 5.68. The van der Waals surface area contributed by atoms with Crippen LogP contribution >= 0.6 is 0 Å². The quantitative estimate of drug-likeness (QED) is 0.593. The van der Waals surface area contributed by atoms with Gasteiger partial charge < -0.3 is 20.7 Å². The fourth-order valence-electron chi connectivity index (χ4n) is 1.26. The zero-order valence-electron chi connectivity index (χ0n) is 10.9. The number of nitrogens with zero attached hydrogens (tertiary/aromatic N) is 2. The molecule has 1 aromatic heterocycles. The van der Waals surface area contributed by atoms with Crippen LogP contribution in [0.2, 0.25) is 0 Å². The summed E-state index contributed by atoms with van der Waals surface area (Å²) >= 11 is 0. The minimum Gasteiger partial charge on any atom is -0.383 e. The average molecular weight is 253 g/mol. The molecule has 0 saturated heterocycles.